The molecule has 2 N–H and O–H groups in total. The molecule has 1 saturated heterocycles. The van der Waals surface area contributed by atoms with Crippen LogP contribution in [-0.2, 0) is 4.79 Å². The lowest BCUT2D eigenvalue weighted by Gasteiger charge is -2.22. The monoisotopic (exact) mass is 212 g/mol. The molecule has 1 aliphatic rings. The maximum Gasteiger partial charge on any atom is 0.225 e. The van der Waals surface area contributed by atoms with E-state index in [2.05, 4.69) is 13.8 Å². The first-order valence-electron chi connectivity index (χ1n) is 6.23. The van der Waals surface area contributed by atoms with Crippen LogP contribution in [0.2, 0.25) is 0 Å². The lowest BCUT2D eigenvalue weighted by atomic mass is 9.98. The second kappa shape index (κ2) is 6.11. The second-order valence-electron chi connectivity index (χ2n) is 4.58. The summed E-state index contributed by atoms with van der Waals surface area (Å²) >= 11 is 0. The van der Waals surface area contributed by atoms with Gasteiger partial charge in [-0.05, 0) is 19.3 Å². The standard InChI is InChI=1S/C12H24N2O/c1-3-5-6-10(4-2)12(15)14-8-7-11(13)9-14/h10-11H,3-9,13H2,1-2H3. The Hall–Kier alpha value is -0.570. The molecule has 2 unspecified atom stereocenters. The van der Waals surface area contributed by atoms with Gasteiger partial charge >= 0.3 is 0 Å². The number of rotatable bonds is 5. The number of unbranched alkanes of at least 4 members (excludes halogenated alkanes) is 1. The zero-order chi connectivity index (χ0) is 11.3. The number of carbonyl (C=O) groups excluding carboxylic acids is 1. The van der Waals surface area contributed by atoms with Gasteiger partial charge in [0.25, 0.3) is 0 Å². The maximum absolute atomic E-state index is 12.1. The van der Waals surface area contributed by atoms with E-state index in [9.17, 15) is 4.79 Å². The van der Waals surface area contributed by atoms with Crippen LogP contribution < -0.4 is 5.73 Å². The summed E-state index contributed by atoms with van der Waals surface area (Å²) in [6, 6.07) is 0.206. The minimum atomic E-state index is 0.206. The van der Waals surface area contributed by atoms with Crippen LogP contribution in [0.4, 0.5) is 0 Å². The third kappa shape index (κ3) is 3.49. The molecule has 15 heavy (non-hydrogen) atoms. The van der Waals surface area contributed by atoms with Crippen LogP contribution in [0.5, 0.6) is 0 Å². The fourth-order valence-corrected chi connectivity index (χ4v) is 2.20. The van der Waals surface area contributed by atoms with E-state index >= 15 is 0 Å². The van der Waals surface area contributed by atoms with Crippen molar-refractivity contribution in [3.05, 3.63) is 0 Å². The van der Waals surface area contributed by atoms with Crippen LogP contribution in [0.3, 0.4) is 0 Å². The molecule has 3 heteroatoms. The number of likely N-dealkylation sites (tertiary alicyclic amines) is 1. The quantitative estimate of drug-likeness (QED) is 0.755. The summed E-state index contributed by atoms with van der Waals surface area (Å²) in [5.41, 5.74) is 5.81. The molecule has 1 fully saturated rings. The molecule has 1 rings (SSSR count). The Morgan fingerprint density at radius 1 is 1.53 bits per heavy atom. The first-order valence-corrected chi connectivity index (χ1v) is 6.23. The first kappa shape index (κ1) is 12.5. The van der Waals surface area contributed by atoms with Crippen molar-refractivity contribution in [3.63, 3.8) is 0 Å². The number of nitrogens with zero attached hydrogens (tertiary/aromatic N) is 1. The fourth-order valence-electron chi connectivity index (χ4n) is 2.20. The Morgan fingerprint density at radius 2 is 2.27 bits per heavy atom. The molecule has 0 aliphatic carbocycles. The molecule has 0 bridgehead atoms. The van der Waals surface area contributed by atoms with Crippen LogP contribution in [0.25, 0.3) is 0 Å². The number of hydrogen-bond donors (Lipinski definition) is 1. The predicted octanol–water partition coefficient (Wildman–Crippen LogP) is 1.76. The normalized spacial score (nSPS) is 23.1. The van der Waals surface area contributed by atoms with Gasteiger partial charge in [0, 0.05) is 25.0 Å². The summed E-state index contributed by atoms with van der Waals surface area (Å²) < 4.78 is 0. The highest BCUT2D eigenvalue weighted by molar-refractivity contribution is 5.79. The first-order chi connectivity index (χ1) is 7.19. The van der Waals surface area contributed by atoms with Crippen molar-refractivity contribution in [2.24, 2.45) is 11.7 Å². The predicted molar refractivity (Wildman–Crippen MR) is 62.5 cm³/mol. The molecular formula is C12H24N2O. The molecule has 1 heterocycles. The number of carbonyl (C=O) groups is 1. The number of hydrogen-bond acceptors (Lipinski definition) is 2. The summed E-state index contributed by atoms with van der Waals surface area (Å²) in [6.45, 7) is 5.90. The van der Waals surface area contributed by atoms with E-state index in [1.807, 2.05) is 4.90 Å². The maximum atomic E-state index is 12.1. The van der Waals surface area contributed by atoms with Gasteiger partial charge in [0.15, 0.2) is 0 Å². The number of amides is 1. The average molecular weight is 212 g/mol. The third-order valence-electron chi connectivity index (χ3n) is 3.28. The minimum absolute atomic E-state index is 0.206. The van der Waals surface area contributed by atoms with Crippen LogP contribution in [0, 0.1) is 5.92 Å². The molecule has 0 aromatic heterocycles. The van der Waals surface area contributed by atoms with E-state index in [0.29, 0.717) is 5.91 Å². The van der Waals surface area contributed by atoms with Crippen molar-refractivity contribution in [1.82, 2.24) is 4.90 Å². The topological polar surface area (TPSA) is 46.3 Å². The van der Waals surface area contributed by atoms with E-state index in [1.54, 1.807) is 0 Å². The summed E-state index contributed by atoms with van der Waals surface area (Å²) in [5, 5.41) is 0. The Kier molecular flexibility index (Phi) is 5.09. The number of nitrogens with two attached hydrogens (primary N) is 1. The highest BCUT2D eigenvalue weighted by Gasteiger charge is 2.27. The Labute approximate surface area is 93.0 Å². The lowest BCUT2D eigenvalue weighted by Crippen LogP contribution is -2.36. The molecule has 0 saturated carbocycles. The van der Waals surface area contributed by atoms with Crippen molar-refractivity contribution in [1.29, 1.82) is 0 Å². The van der Waals surface area contributed by atoms with Gasteiger partial charge in [0.1, 0.15) is 0 Å². The molecule has 0 aromatic rings. The fraction of sp³-hybridized carbons (Fsp3) is 0.917. The third-order valence-corrected chi connectivity index (χ3v) is 3.28. The molecule has 2 atom stereocenters. The molecule has 0 spiro atoms. The highest BCUT2D eigenvalue weighted by Crippen LogP contribution is 2.18. The van der Waals surface area contributed by atoms with Crippen LogP contribution in [-0.4, -0.2) is 29.9 Å². The SMILES string of the molecule is CCCCC(CC)C(=O)N1CCC(N)C1. The van der Waals surface area contributed by atoms with Gasteiger partial charge < -0.3 is 10.6 Å². The zero-order valence-electron chi connectivity index (χ0n) is 10.0. The van der Waals surface area contributed by atoms with E-state index in [0.717, 1.165) is 38.8 Å². The molecule has 3 nitrogen and oxygen atoms in total. The molecule has 0 aromatic carbocycles. The van der Waals surface area contributed by atoms with Crippen molar-refractivity contribution in [3.8, 4) is 0 Å². The Balaban J connectivity index is 2.42. The van der Waals surface area contributed by atoms with Crippen LogP contribution >= 0.6 is 0 Å². The van der Waals surface area contributed by atoms with Gasteiger partial charge in [-0.2, -0.15) is 0 Å². The van der Waals surface area contributed by atoms with Crippen LogP contribution in [0.15, 0.2) is 0 Å². The molecular weight excluding hydrogens is 188 g/mol. The molecule has 88 valence electrons. The summed E-state index contributed by atoms with van der Waals surface area (Å²) in [6.07, 6.45) is 5.30. The van der Waals surface area contributed by atoms with Gasteiger partial charge in [0.2, 0.25) is 5.91 Å². The van der Waals surface area contributed by atoms with Crippen LogP contribution in [0.1, 0.15) is 46.0 Å². The van der Waals surface area contributed by atoms with Crippen molar-refractivity contribution in [2.75, 3.05) is 13.1 Å². The molecule has 1 amide bonds. The van der Waals surface area contributed by atoms with Gasteiger partial charge in [-0.15, -0.1) is 0 Å². The summed E-state index contributed by atoms with van der Waals surface area (Å²) in [5.74, 6) is 0.564. The van der Waals surface area contributed by atoms with E-state index in [-0.39, 0.29) is 12.0 Å². The largest absolute Gasteiger partial charge is 0.341 e. The molecule has 1 aliphatic heterocycles. The molecule has 0 radical (unpaired) electrons. The van der Waals surface area contributed by atoms with Gasteiger partial charge in [-0.1, -0.05) is 26.7 Å². The Bertz CT molecular complexity index is 206. The van der Waals surface area contributed by atoms with E-state index < -0.39 is 0 Å². The Morgan fingerprint density at radius 3 is 2.73 bits per heavy atom. The zero-order valence-corrected chi connectivity index (χ0v) is 10.0. The van der Waals surface area contributed by atoms with Crippen molar-refractivity contribution in [2.45, 2.75) is 52.0 Å². The van der Waals surface area contributed by atoms with E-state index in [1.165, 1.54) is 6.42 Å². The highest BCUT2D eigenvalue weighted by atomic mass is 16.2. The average Bonchev–Trinajstić information content (AvgIpc) is 2.65. The van der Waals surface area contributed by atoms with Gasteiger partial charge in [0.05, 0.1) is 0 Å². The van der Waals surface area contributed by atoms with Crippen molar-refractivity contribution >= 4 is 5.91 Å². The van der Waals surface area contributed by atoms with E-state index in [4.69, 9.17) is 5.73 Å². The minimum Gasteiger partial charge on any atom is -0.341 e. The second-order valence-corrected chi connectivity index (χ2v) is 4.58. The summed E-state index contributed by atoms with van der Waals surface area (Å²) in [7, 11) is 0. The van der Waals surface area contributed by atoms with Crippen molar-refractivity contribution < 1.29 is 4.79 Å². The van der Waals surface area contributed by atoms with Gasteiger partial charge in [-0.3, -0.25) is 4.79 Å². The lowest BCUT2D eigenvalue weighted by molar-refractivity contribution is -0.134. The van der Waals surface area contributed by atoms with Gasteiger partial charge in [-0.25, -0.2) is 0 Å². The summed E-state index contributed by atoms with van der Waals surface area (Å²) in [4.78, 5) is 14.1. The smallest absolute Gasteiger partial charge is 0.225 e.